The summed E-state index contributed by atoms with van der Waals surface area (Å²) < 4.78 is 5.08. The number of rotatable bonds is 3. The maximum atomic E-state index is 11.6. The summed E-state index contributed by atoms with van der Waals surface area (Å²) in [6.07, 6.45) is 7.94. The van der Waals surface area contributed by atoms with Crippen LogP contribution in [0.25, 0.3) is 0 Å². The lowest BCUT2D eigenvalue weighted by Gasteiger charge is -2.40. The van der Waals surface area contributed by atoms with Gasteiger partial charge in [0.15, 0.2) is 0 Å². The van der Waals surface area contributed by atoms with Crippen LogP contribution in [0.5, 0.6) is 0 Å². The molecule has 2 aliphatic carbocycles. The second kappa shape index (κ2) is 5.03. The molecule has 3 unspecified atom stereocenters. The number of fused-ring (bicyclic) bond motifs is 2. The monoisotopic (exact) mass is 222 g/mol. The SMILES string of the molecule is CCOC(=O)CC1C(C)CC2=CCCC1C2. The molecular formula is C14H22O2. The van der Waals surface area contributed by atoms with E-state index >= 15 is 0 Å². The second-order valence-electron chi connectivity index (χ2n) is 5.26. The van der Waals surface area contributed by atoms with E-state index in [4.69, 9.17) is 4.74 Å². The van der Waals surface area contributed by atoms with Crippen molar-refractivity contribution in [2.45, 2.75) is 46.0 Å². The van der Waals surface area contributed by atoms with Crippen molar-refractivity contribution in [2.75, 3.05) is 6.61 Å². The molecule has 0 aromatic carbocycles. The Morgan fingerprint density at radius 3 is 3.06 bits per heavy atom. The minimum atomic E-state index is -0.00245. The molecule has 0 aromatic heterocycles. The summed E-state index contributed by atoms with van der Waals surface area (Å²) in [4.78, 5) is 11.6. The number of allylic oxidation sites excluding steroid dienone is 2. The van der Waals surface area contributed by atoms with Crippen LogP contribution in [0.2, 0.25) is 0 Å². The Hall–Kier alpha value is -0.790. The lowest BCUT2D eigenvalue weighted by molar-refractivity contribution is -0.145. The minimum Gasteiger partial charge on any atom is -0.466 e. The fraction of sp³-hybridized carbons (Fsp3) is 0.786. The van der Waals surface area contributed by atoms with E-state index in [2.05, 4.69) is 13.0 Å². The van der Waals surface area contributed by atoms with Gasteiger partial charge < -0.3 is 4.74 Å². The second-order valence-corrected chi connectivity index (χ2v) is 5.26. The number of hydrogen-bond acceptors (Lipinski definition) is 2. The Morgan fingerprint density at radius 1 is 1.50 bits per heavy atom. The normalized spacial score (nSPS) is 33.1. The smallest absolute Gasteiger partial charge is 0.306 e. The van der Waals surface area contributed by atoms with Crippen molar-refractivity contribution >= 4 is 5.97 Å². The zero-order valence-corrected chi connectivity index (χ0v) is 10.4. The quantitative estimate of drug-likeness (QED) is 0.541. The highest BCUT2D eigenvalue weighted by molar-refractivity contribution is 5.69. The molecule has 0 radical (unpaired) electrons. The van der Waals surface area contributed by atoms with Gasteiger partial charge in [0.2, 0.25) is 0 Å². The maximum absolute atomic E-state index is 11.6. The fourth-order valence-corrected chi connectivity index (χ4v) is 3.37. The zero-order valence-electron chi connectivity index (χ0n) is 10.4. The number of hydrogen-bond donors (Lipinski definition) is 0. The molecule has 2 bridgehead atoms. The van der Waals surface area contributed by atoms with E-state index in [-0.39, 0.29) is 5.97 Å². The van der Waals surface area contributed by atoms with Gasteiger partial charge in [-0.25, -0.2) is 0 Å². The average molecular weight is 222 g/mol. The van der Waals surface area contributed by atoms with Crippen molar-refractivity contribution in [3.8, 4) is 0 Å². The van der Waals surface area contributed by atoms with E-state index in [0.29, 0.717) is 24.9 Å². The van der Waals surface area contributed by atoms with Gasteiger partial charge in [0.1, 0.15) is 0 Å². The first-order valence-electron chi connectivity index (χ1n) is 6.54. The minimum absolute atomic E-state index is 0.00245. The van der Waals surface area contributed by atoms with Gasteiger partial charge >= 0.3 is 5.97 Å². The van der Waals surface area contributed by atoms with Gasteiger partial charge in [-0.15, -0.1) is 0 Å². The molecule has 0 spiro atoms. The first-order valence-corrected chi connectivity index (χ1v) is 6.54. The van der Waals surface area contributed by atoms with Gasteiger partial charge in [0.25, 0.3) is 0 Å². The Bertz CT molecular complexity index is 293. The molecule has 0 amide bonds. The number of ether oxygens (including phenoxy) is 1. The van der Waals surface area contributed by atoms with Crippen LogP contribution in [-0.4, -0.2) is 12.6 Å². The van der Waals surface area contributed by atoms with Gasteiger partial charge in [0, 0.05) is 6.42 Å². The molecule has 0 saturated heterocycles. The molecule has 0 heterocycles. The molecule has 2 heteroatoms. The Morgan fingerprint density at radius 2 is 2.31 bits per heavy atom. The number of carbonyl (C=O) groups excluding carboxylic acids is 1. The molecule has 0 aromatic rings. The third kappa shape index (κ3) is 2.47. The predicted octanol–water partition coefficient (Wildman–Crippen LogP) is 3.32. The Kier molecular flexibility index (Phi) is 3.67. The first-order chi connectivity index (χ1) is 7.70. The molecule has 90 valence electrons. The summed E-state index contributed by atoms with van der Waals surface area (Å²) in [5.74, 6) is 1.93. The Labute approximate surface area is 98.1 Å². The van der Waals surface area contributed by atoms with Crippen molar-refractivity contribution in [1.29, 1.82) is 0 Å². The van der Waals surface area contributed by atoms with E-state index in [1.165, 1.54) is 25.7 Å². The summed E-state index contributed by atoms with van der Waals surface area (Å²) in [7, 11) is 0. The van der Waals surface area contributed by atoms with Crippen molar-refractivity contribution in [3.05, 3.63) is 11.6 Å². The molecule has 1 fully saturated rings. The highest BCUT2D eigenvalue weighted by Gasteiger charge is 2.35. The molecule has 0 aliphatic heterocycles. The number of carbonyl (C=O) groups is 1. The van der Waals surface area contributed by atoms with Crippen molar-refractivity contribution in [3.63, 3.8) is 0 Å². The van der Waals surface area contributed by atoms with Gasteiger partial charge in [-0.3, -0.25) is 4.79 Å². The molecular weight excluding hydrogens is 200 g/mol. The lowest BCUT2D eigenvalue weighted by Crippen LogP contribution is -2.32. The highest BCUT2D eigenvalue weighted by Crippen LogP contribution is 2.44. The first kappa shape index (κ1) is 11.7. The van der Waals surface area contributed by atoms with E-state index in [9.17, 15) is 4.79 Å². The van der Waals surface area contributed by atoms with Crippen LogP contribution in [-0.2, 0) is 9.53 Å². The molecule has 2 aliphatic rings. The van der Waals surface area contributed by atoms with E-state index in [1.54, 1.807) is 5.57 Å². The van der Waals surface area contributed by atoms with Crippen molar-refractivity contribution in [1.82, 2.24) is 0 Å². The molecule has 2 nitrogen and oxygen atoms in total. The van der Waals surface area contributed by atoms with Crippen LogP contribution in [0.4, 0.5) is 0 Å². The van der Waals surface area contributed by atoms with Crippen LogP contribution in [0.1, 0.15) is 46.0 Å². The van der Waals surface area contributed by atoms with Crippen molar-refractivity contribution in [2.24, 2.45) is 17.8 Å². The van der Waals surface area contributed by atoms with E-state index in [1.807, 2.05) is 6.92 Å². The van der Waals surface area contributed by atoms with E-state index in [0.717, 1.165) is 5.92 Å². The van der Waals surface area contributed by atoms with Gasteiger partial charge in [-0.05, 0) is 50.4 Å². The predicted molar refractivity (Wildman–Crippen MR) is 63.9 cm³/mol. The topological polar surface area (TPSA) is 26.3 Å². The molecule has 3 atom stereocenters. The molecule has 1 saturated carbocycles. The maximum Gasteiger partial charge on any atom is 0.306 e. The van der Waals surface area contributed by atoms with E-state index < -0.39 is 0 Å². The average Bonchev–Trinajstić information content (AvgIpc) is 2.25. The van der Waals surface area contributed by atoms with Gasteiger partial charge in [-0.2, -0.15) is 0 Å². The van der Waals surface area contributed by atoms with Crippen LogP contribution < -0.4 is 0 Å². The summed E-state index contributed by atoms with van der Waals surface area (Å²) in [6.45, 7) is 4.68. The van der Waals surface area contributed by atoms with Crippen LogP contribution in [0.15, 0.2) is 11.6 Å². The fourth-order valence-electron chi connectivity index (χ4n) is 3.37. The van der Waals surface area contributed by atoms with Crippen LogP contribution >= 0.6 is 0 Å². The zero-order chi connectivity index (χ0) is 11.5. The summed E-state index contributed by atoms with van der Waals surface area (Å²) in [5.41, 5.74) is 1.63. The lowest BCUT2D eigenvalue weighted by atomic mass is 9.65. The third-order valence-corrected chi connectivity index (χ3v) is 4.12. The molecule has 2 rings (SSSR count). The highest BCUT2D eigenvalue weighted by atomic mass is 16.5. The van der Waals surface area contributed by atoms with Gasteiger partial charge in [0.05, 0.1) is 6.61 Å². The van der Waals surface area contributed by atoms with Gasteiger partial charge in [-0.1, -0.05) is 18.6 Å². The largest absolute Gasteiger partial charge is 0.466 e. The Balaban J connectivity index is 1.98. The van der Waals surface area contributed by atoms with Crippen LogP contribution in [0.3, 0.4) is 0 Å². The van der Waals surface area contributed by atoms with Crippen molar-refractivity contribution < 1.29 is 9.53 Å². The standard InChI is InChI=1S/C14H22O2/c1-3-16-14(15)9-13-10(2)7-11-5-4-6-12(13)8-11/h5,10,12-13H,3-4,6-9H2,1-2H3. The summed E-state index contributed by atoms with van der Waals surface area (Å²) in [6, 6.07) is 0. The summed E-state index contributed by atoms with van der Waals surface area (Å²) >= 11 is 0. The van der Waals surface area contributed by atoms with Crippen LogP contribution in [0, 0.1) is 17.8 Å². The molecule has 0 N–H and O–H groups in total. The number of esters is 1. The molecule has 16 heavy (non-hydrogen) atoms. The summed E-state index contributed by atoms with van der Waals surface area (Å²) in [5, 5.41) is 0. The third-order valence-electron chi connectivity index (χ3n) is 4.12.